The van der Waals surface area contributed by atoms with Crippen molar-refractivity contribution in [2.75, 3.05) is 6.54 Å². The lowest BCUT2D eigenvalue weighted by molar-refractivity contribution is -0.142. The number of benzene rings is 3. The highest BCUT2D eigenvalue weighted by atomic mass is 32.1. The minimum atomic E-state index is -1.42. The molecule has 1 fully saturated rings. The molecule has 348 valence electrons. The quantitative estimate of drug-likeness (QED) is 0.0997. The number of fused-ring (bicyclic) bond motifs is 3. The fourth-order valence-corrected chi connectivity index (χ4v) is 10.7. The number of β-amino-alcohol motifs (C(OH)–C–C–N with tert-alkyl or cyclic N) is 1. The number of rotatable bonds is 11. The summed E-state index contributed by atoms with van der Waals surface area (Å²) in [7, 11) is 0. The fourth-order valence-electron chi connectivity index (χ4n) is 8.67. The van der Waals surface area contributed by atoms with Gasteiger partial charge in [0.25, 0.3) is 5.91 Å². The lowest BCUT2D eigenvalue weighted by atomic mass is 9.85. The smallest absolute Gasteiger partial charge is 0.306 e. The zero-order valence-corrected chi connectivity index (χ0v) is 39.8. The first-order valence-corrected chi connectivity index (χ1v) is 23.4. The van der Waals surface area contributed by atoms with E-state index in [4.69, 9.17) is 4.99 Å². The van der Waals surface area contributed by atoms with Crippen LogP contribution >= 0.6 is 22.7 Å². The van der Waals surface area contributed by atoms with Gasteiger partial charge in [-0.3, -0.25) is 28.7 Å². The Labute approximate surface area is 393 Å². The van der Waals surface area contributed by atoms with E-state index >= 15 is 8.78 Å². The lowest BCUT2D eigenvalue weighted by Gasteiger charge is -2.35. The third kappa shape index (κ3) is 9.04. The topological polar surface area (TPSA) is 192 Å². The van der Waals surface area contributed by atoms with Crippen LogP contribution in [-0.4, -0.2) is 89.0 Å². The first kappa shape index (κ1) is 47.0. The predicted octanol–water partition coefficient (Wildman–Crippen LogP) is 7.98. The number of aryl methyl sites for hydroxylation is 3. The molecule has 0 radical (unpaired) electrons. The summed E-state index contributed by atoms with van der Waals surface area (Å²) in [5, 5.41) is 35.4. The molecule has 67 heavy (non-hydrogen) atoms. The van der Waals surface area contributed by atoms with E-state index < -0.39 is 76.6 Å². The number of aliphatic carboxylic acids is 1. The highest BCUT2D eigenvalue weighted by molar-refractivity contribution is 7.15. The Morgan fingerprint density at radius 3 is 2.21 bits per heavy atom. The van der Waals surface area contributed by atoms with Crippen molar-refractivity contribution in [2.24, 2.45) is 10.4 Å². The second-order valence-electron chi connectivity index (χ2n) is 18.1. The first-order valence-electron chi connectivity index (χ1n) is 21.7. The molecule has 0 unspecified atom stereocenters. The summed E-state index contributed by atoms with van der Waals surface area (Å²) in [6.45, 7) is 14.4. The van der Waals surface area contributed by atoms with Crippen molar-refractivity contribution in [3.05, 3.63) is 128 Å². The molecule has 0 aliphatic carbocycles. The summed E-state index contributed by atoms with van der Waals surface area (Å²) in [4.78, 5) is 66.4. The first-order chi connectivity index (χ1) is 31.7. The normalized spacial score (nSPS) is 17.8. The van der Waals surface area contributed by atoms with Crippen molar-refractivity contribution in [2.45, 2.75) is 98.5 Å². The van der Waals surface area contributed by atoms with Crippen molar-refractivity contribution >= 4 is 52.1 Å². The number of hydrogen-bond acceptors (Lipinski definition) is 11. The number of carbonyl (C=O) groups excluding carboxylic acids is 3. The molecule has 0 bridgehead atoms. The van der Waals surface area contributed by atoms with Gasteiger partial charge in [-0.05, 0) is 68.4 Å². The maximum atomic E-state index is 16.1. The van der Waals surface area contributed by atoms with Crippen LogP contribution in [0.5, 0.6) is 0 Å². The Hall–Kier alpha value is -6.50. The van der Waals surface area contributed by atoms with Crippen LogP contribution in [0.3, 0.4) is 0 Å². The van der Waals surface area contributed by atoms with Crippen molar-refractivity contribution in [3.63, 3.8) is 0 Å². The van der Waals surface area contributed by atoms with Crippen LogP contribution in [0.15, 0.2) is 71.2 Å². The van der Waals surface area contributed by atoms with Gasteiger partial charge < -0.3 is 25.7 Å². The molecular formula is C49H50F2N8O6S2. The van der Waals surface area contributed by atoms with Gasteiger partial charge in [0, 0.05) is 34.5 Å². The van der Waals surface area contributed by atoms with Gasteiger partial charge in [0.1, 0.15) is 29.0 Å². The van der Waals surface area contributed by atoms with E-state index in [0.29, 0.717) is 28.5 Å². The molecule has 3 amide bonds. The number of nitrogens with zero attached hydrogens (tertiary/aromatic N) is 6. The van der Waals surface area contributed by atoms with Gasteiger partial charge in [0.2, 0.25) is 11.8 Å². The van der Waals surface area contributed by atoms with Crippen LogP contribution in [0.25, 0.3) is 26.6 Å². The van der Waals surface area contributed by atoms with Gasteiger partial charge in [-0.25, -0.2) is 13.8 Å². The number of nitrogens with one attached hydrogen (secondary N) is 2. The molecular weight excluding hydrogens is 899 g/mol. The van der Waals surface area contributed by atoms with Crippen LogP contribution in [0.2, 0.25) is 0 Å². The zero-order chi connectivity index (χ0) is 48.2. The predicted molar refractivity (Wildman–Crippen MR) is 252 cm³/mol. The Kier molecular flexibility index (Phi) is 12.8. The molecule has 6 aromatic rings. The average molecular weight is 949 g/mol. The minimum absolute atomic E-state index is 0.0297. The highest BCUT2D eigenvalue weighted by Crippen LogP contribution is 2.40. The van der Waals surface area contributed by atoms with Gasteiger partial charge in [-0.2, -0.15) is 0 Å². The van der Waals surface area contributed by atoms with E-state index in [0.717, 1.165) is 48.8 Å². The number of likely N-dealkylation sites (tertiary alicyclic amines) is 1. The van der Waals surface area contributed by atoms with Gasteiger partial charge in [0.15, 0.2) is 17.5 Å². The lowest BCUT2D eigenvalue weighted by Crippen LogP contribution is -2.58. The SMILES string of the molecule is Cc1ncsc1-c1ccc([C@H](C)NC(=O)[C@@H]2C[C@@H](O)CN2C(=O)[C@@H](NC(=O)c2ccc(-c3ccc(C4=N[C@@H](CC(=O)O)c5nnc(C)n5-c5sc(C)c(C)c54)cc3)c(F)c2F)C(C)(C)C)cc1. The number of aliphatic hydroxyl groups excluding tert-OH is 1. The second-order valence-corrected chi connectivity index (χ2v) is 20.2. The number of amides is 3. The molecule has 14 nitrogen and oxygen atoms in total. The Balaban J connectivity index is 0.998. The van der Waals surface area contributed by atoms with E-state index in [1.807, 2.05) is 56.5 Å². The summed E-state index contributed by atoms with van der Waals surface area (Å²) in [6.07, 6.45) is -1.37. The number of thiophene rings is 1. The van der Waals surface area contributed by atoms with Crippen LogP contribution in [0, 0.1) is 44.7 Å². The van der Waals surface area contributed by atoms with Gasteiger partial charge in [0.05, 0.1) is 45.9 Å². The van der Waals surface area contributed by atoms with E-state index in [1.165, 1.54) is 33.6 Å². The van der Waals surface area contributed by atoms with Crippen LogP contribution < -0.4 is 10.6 Å². The standard InChI is InChI=1S/C49H50F2N8O6S2/c1-23-26(4)67-48-38(23)41(54-35(20-37(61)62)44-57-56-27(5)59(44)48)30-13-11-29(12-14-30)33-17-18-34(40(51)39(33)50)45(63)55-43(49(6,7)8)47(65)58-21-32(60)19-36(58)46(64)53-24(2)28-9-15-31(16-10-28)42-25(3)52-22-66-42/h9-18,22,24,32,35-36,43,60H,19-21H2,1-8H3,(H,53,64)(H,55,63)(H,61,62)/t24-,32+,35-,36-,43+/m0/s1. The Morgan fingerprint density at radius 2 is 1.57 bits per heavy atom. The van der Waals surface area contributed by atoms with Crippen molar-refractivity contribution in [1.29, 1.82) is 0 Å². The number of halogens is 2. The molecule has 0 spiro atoms. The van der Waals surface area contributed by atoms with Crippen LogP contribution in [0.4, 0.5) is 8.78 Å². The summed E-state index contributed by atoms with van der Waals surface area (Å²) in [5.41, 5.74) is 6.00. The molecule has 8 rings (SSSR count). The number of carboxylic acids is 1. The van der Waals surface area contributed by atoms with Crippen LogP contribution in [0.1, 0.15) is 107 Å². The molecule has 1 saturated heterocycles. The number of thiazole rings is 1. The molecule has 5 atom stereocenters. The molecule has 0 saturated carbocycles. The Bertz CT molecular complexity index is 2960. The molecule has 4 N–H and O–H groups in total. The van der Waals surface area contributed by atoms with E-state index in [-0.39, 0.29) is 24.9 Å². The maximum Gasteiger partial charge on any atom is 0.306 e. The molecule has 18 heteroatoms. The number of aliphatic imine (C=N–C) groups is 1. The molecule has 2 aliphatic heterocycles. The van der Waals surface area contributed by atoms with Crippen molar-refractivity contribution in [1.82, 2.24) is 35.3 Å². The zero-order valence-electron chi connectivity index (χ0n) is 38.1. The number of aromatic nitrogens is 4. The maximum absolute atomic E-state index is 16.1. The van der Waals surface area contributed by atoms with Crippen molar-refractivity contribution < 1.29 is 38.2 Å². The fraction of sp³-hybridized carbons (Fsp3) is 0.347. The van der Waals surface area contributed by atoms with Gasteiger partial charge >= 0.3 is 5.97 Å². The third-order valence-electron chi connectivity index (χ3n) is 12.4. The largest absolute Gasteiger partial charge is 0.481 e. The summed E-state index contributed by atoms with van der Waals surface area (Å²) in [6, 6.07) is 13.1. The Morgan fingerprint density at radius 1 is 0.896 bits per heavy atom. The molecule has 2 aliphatic rings. The van der Waals surface area contributed by atoms with Crippen LogP contribution in [-0.2, 0) is 14.4 Å². The third-order valence-corrected chi connectivity index (χ3v) is 14.6. The second kappa shape index (κ2) is 18.3. The summed E-state index contributed by atoms with van der Waals surface area (Å²) >= 11 is 3.05. The summed E-state index contributed by atoms with van der Waals surface area (Å²) < 4.78 is 34.0. The highest BCUT2D eigenvalue weighted by Gasteiger charge is 2.45. The van der Waals surface area contributed by atoms with Gasteiger partial charge in [-0.1, -0.05) is 75.4 Å². The van der Waals surface area contributed by atoms with Gasteiger partial charge in [-0.15, -0.1) is 32.9 Å². The van der Waals surface area contributed by atoms with E-state index in [2.05, 4.69) is 25.8 Å². The molecule has 5 heterocycles. The van der Waals surface area contributed by atoms with E-state index in [1.54, 1.807) is 57.5 Å². The molecule has 3 aromatic heterocycles. The number of carbonyl (C=O) groups is 4. The number of carboxylic acid groups (broad SMARTS) is 1. The molecule has 3 aromatic carbocycles. The van der Waals surface area contributed by atoms with E-state index in [9.17, 15) is 29.4 Å². The monoisotopic (exact) mass is 948 g/mol. The number of aliphatic hydroxyl groups is 1. The average Bonchev–Trinajstić information content (AvgIpc) is 4.05. The van der Waals surface area contributed by atoms with Crippen molar-refractivity contribution in [3.8, 4) is 26.6 Å². The summed E-state index contributed by atoms with van der Waals surface area (Å²) in [5.74, 6) is -4.95. The minimum Gasteiger partial charge on any atom is -0.481 e. The number of hydrogen-bond donors (Lipinski definition) is 4.